The van der Waals surface area contributed by atoms with Crippen LogP contribution in [0.5, 0.6) is 0 Å². The fourth-order valence-corrected chi connectivity index (χ4v) is 2.60. The van der Waals surface area contributed by atoms with Gasteiger partial charge in [0.1, 0.15) is 0 Å². The van der Waals surface area contributed by atoms with Crippen molar-refractivity contribution in [3.05, 3.63) is 0 Å². The summed E-state index contributed by atoms with van der Waals surface area (Å²) in [6, 6.07) is 1.80. The van der Waals surface area contributed by atoms with Crippen LogP contribution in [0, 0.1) is 0 Å². The molecule has 0 radical (unpaired) electrons. The minimum Gasteiger partial charge on any atom is -0.354 e. The van der Waals surface area contributed by atoms with Gasteiger partial charge in [0, 0.05) is 25.0 Å². The van der Waals surface area contributed by atoms with Crippen LogP contribution < -0.4 is 10.6 Å². The Morgan fingerprint density at radius 1 is 1.23 bits per heavy atom. The maximum absolute atomic E-state index is 10.9. The van der Waals surface area contributed by atoms with Gasteiger partial charge in [0.2, 0.25) is 5.91 Å². The van der Waals surface area contributed by atoms with E-state index in [4.69, 9.17) is 0 Å². The van der Waals surface area contributed by atoms with Crippen molar-refractivity contribution >= 4 is 5.91 Å². The predicted molar refractivity (Wildman–Crippen MR) is 51.4 cm³/mol. The van der Waals surface area contributed by atoms with Crippen molar-refractivity contribution in [3.63, 3.8) is 0 Å². The fraction of sp³-hybridized carbons (Fsp3) is 0.900. The van der Waals surface area contributed by atoms with Crippen LogP contribution in [0.15, 0.2) is 0 Å². The molecule has 1 amide bonds. The van der Waals surface area contributed by atoms with Crippen molar-refractivity contribution in [2.75, 3.05) is 0 Å². The number of amides is 1. The second kappa shape index (κ2) is 3.66. The lowest BCUT2D eigenvalue weighted by molar-refractivity contribution is -0.119. The first-order chi connectivity index (χ1) is 6.24. The van der Waals surface area contributed by atoms with Crippen molar-refractivity contribution in [2.24, 2.45) is 0 Å². The molecule has 2 rings (SSSR count). The van der Waals surface area contributed by atoms with E-state index in [9.17, 15) is 4.79 Å². The van der Waals surface area contributed by atoms with Gasteiger partial charge in [-0.25, -0.2) is 0 Å². The molecule has 2 aliphatic rings. The summed E-state index contributed by atoms with van der Waals surface area (Å²) < 4.78 is 0. The minimum absolute atomic E-state index is 0.114. The molecule has 0 saturated carbocycles. The number of fused-ring (bicyclic) bond motifs is 2. The van der Waals surface area contributed by atoms with Crippen LogP contribution in [-0.2, 0) is 4.79 Å². The highest BCUT2D eigenvalue weighted by Crippen LogP contribution is 2.25. The van der Waals surface area contributed by atoms with Crippen LogP contribution in [-0.4, -0.2) is 24.0 Å². The Morgan fingerprint density at radius 2 is 1.92 bits per heavy atom. The molecule has 2 N–H and O–H groups in total. The molecule has 2 fully saturated rings. The van der Waals surface area contributed by atoms with Crippen LogP contribution in [0.25, 0.3) is 0 Å². The standard InChI is InChI=1S/C10H18N2O/c1-7(13)11-9-4-2-8-3-5-10(6-9)12-8/h8-10,12H,2-6H2,1H3,(H,11,13). The lowest BCUT2D eigenvalue weighted by atomic mass is 9.97. The average molecular weight is 182 g/mol. The number of rotatable bonds is 1. The Balaban J connectivity index is 1.89. The second-order valence-corrected chi connectivity index (χ2v) is 4.35. The number of hydrogen-bond acceptors (Lipinski definition) is 2. The van der Waals surface area contributed by atoms with Gasteiger partial charge in [-0.15, -0.1) is 0 Å². The average Bonchev–Trinajstić information content (AvgIpc) is 2.36. The molecule has 3 heteroatoms. The van der Waals surface area contributed by atoms with E-state index in [1.807, 2.05) is 0 Å². The van der Waals surface area contributed by atoms with Gasteiger partial charge in [-0.3, -0.25) is 4.79 Å². The third kappa shape index (κ3) is 2.21. The summed E-state index contributed by atoms with van der Waals surface area (Å²) >= 11 is 0. The fourth-order valence-electron chi connectivity index (χ4n) is 2.60. The van der Waals surface area contributed by atoms with E-state index >= 15 is 0 Å². The molecule has 3 unspecified atom stereocenters. The molecular weight excluding hydrogens is 164 g/mol. The molecule has 2 aliphatic heterocycles. The number of nitrogens with one attached hydrogen (secondary N) is 2. The molecule has 0 spiro atoms. The maximum atomic E-state index is 10.9. The topological polar surface area (TPSA) is 41.1 Å². The molecule has 2 saturated heterocycles. The molecular formula is C10H18N2O. The first-order valence-corrected chi connectivity index (χ1v) is 5.27. The predicted octanol–water partition coefficient (Wildman–Crippen LogP) is 0.796. The highest BCUT2D eigenvalue weighted by Gasteiger charge is 2.30. The summed E-state index contributed by atoms with van der Waals surface area (Å²) in [6.45, 7) is 1.61. The van der Waals surface area contributed by atoms with Crippen molar-refractivity contribution in [2.45, 2.75) is 57.2 Å². The second-order valence-electron chi connectivity index (χ2n) is 4.35. The molecule has 0 aromatic carbocycles. The summed E-state index contributed by atoms with van der Waals surface area (Å²) in [5.41, 5.74) is 0. The van der Waals surface area contributed by atoms with Gasteiger partial charge < -0.3 is 10.6 Å². The van der Waals surface area contributed by atoms with Gasteiger partial charge in [0.15, 0.2) is 0 Å². The van der Waals surface area contributed by atoms with E-state index in [1.165, 1.54) is 19.3 Å². The lowest BCUT2D eigenvalue weighted by Gasteiger charge is -2.19. The molecule has 0 aliphatic carbocycles. The van der Waals surface area contributed by atoms with E-state index in [0.717, 1.165) is 18.9 Å². The molecule has 13 heavy (non-hydrogen) atoms. The number of carbonyl (C=O) groups excluding carboxylic acids is 1. The Hall–Kier alpha value is -0.570. The largest absolute Gasteiger partial charge is 0.354 e. The highest BCUT2D eigenvalue weighted by atomic mass is 16.1. The molecule has 0 aromatic rings. The quantitative estimate of drug-likeness (QED) is 0.629. The van der Waals surface area contributed by atoms with Crippen LogP contribution in [0.1, 0.15) is 39.0 Å². The summed E-state index contributed by atoms with van der Waals surface area (Å²) in [5.74, 6) is 0.114. The Kier molecular flexibility index (Phi) is 2.54. The maximum Gasteiger partial charge on any atom is 0.217 e. The van der Waals surface area contributed by atoms with Crippen molar-refractivity contribution < 1.29 is 4.79 Å². The van der Waals surface area contributed by atoms with Crippen LogP contribution in [0.2, 0.25) is 0 Å². The monoisotopic (exact) mass is 182 g/mol. The first kappa shape index (κ1) is 9.00. The van der Waals surface area contributed by atoms with E-state index < -0.39 is 0 Å². The molecule has 3 nitrogen and oxygen atoms in total. The Morgan fingerprint density at radius 3 is 2.69 bits per heavy atom. The van der Waals surface area contributed by atoms with Gasteiger partial charge in [0.05, 0.1) is 0 Å². The lowest BCUT2D eigenvalue weighted by Crippen LogP contribution is -2.36. The highest BCUT2D eigenvalue weighted by molar-refractivity contribution is 5.73. The third-order valence-electron chi connectivity index (χ3n) is 3.18. The summed E-state index contributed by atoms with van der Waals surface area (Å²) in [6.07, 6.45) is 6.11. The van der Waals surface area contributed by atoms with Crippen LogP contribution in [0.3, 0.4) is 0 Å². The first-order valence-electron chi connectivity index (χ1n) is 5.27. The summed E-state index contributed by atoms with van der Waals surface area (Å²) in [7, 11) is 0. The zero-order valence-corrected chi connectivity index (χ0v) is 8.18. The third-order valence-corrected chi connectivity index (χ3v) is 3.18. The number of hydrogen-bond donors (Lipinski definition) is 2. The van der Waals surface area contributed by atoms with Crippen molar-refractivity contribution in [1.29, 1.82) is 0 Å². The van der Waals surface area contributed by atoms with Gasteiger partial charge >= 0.3 is 0 Å². The van der Waals surface area contributed by atoms with Crippen LogP contribution >= 0.6 is 0 Å². The van der Waals surface area contributed by atoms with E-state index in [2.05, 4.69) is 10.6 Å². The van der Waals surface area contributed by atoms with E-state index in [1.54, 1.807) is 6.92 Å². The van der Waals surface area contributed by atoms with Gasteiger partial charge in [-0.05, 0) is 32.1 Å². The van der Waals surface area contributed by atoms with Crippen molar-refractivity contribution in [3.8, 4) is 0 Å². The van der Waals surface area contributed by atoms with E-state index in [0.29, 0.717) is 12.1 Å². The van der Waals surface area contributed by atoms with Gasteiger partial charge in [0.25, 0.3) is 0 Å². The summed E-state index contributed by atoms with van der Waals surface area (Å²) in [4.78, 5) is 10.9. The Bertz CT molecular complexity index is 205. The minimum atomic E-state index is 0.114. The van der Waals surface area contributed by atoms with Gasteiger partial charge in [-0.1, -0.05) is 0 Å². The smallest absolute Gasteiger partial charge is 0.217 e. The zero-order chi connectivity index (χ0) is 9.26. The Labute approximate surface area is 79.3 Å². The number of carbonyl (C=O) groups is 1. The molecule has 2 heterocycles. The summed E-state index contributed by atoms with van der Waals surface area (Å²) in [5, 5.41) is 6.63. The molecule has 74 valence electrons. The molecule has 0 aromatic heterocycles. The molecule has 2 bridgehead atoms. The normalized spacial score (nSPS) is 38.4. The van der Waals surface area contributed by atoms with Crippen molar-refractivity contribution in [1.82, 2.24) is 10.6 Å². The van der Waals surface area contributed by atoms with Gasteiger partial charge in [-0.2, -0.15) is 0 Å². The molecule has 3 atom stereocenters. The SMILES string of the molecule is CC(=O)NC1CCC2CCC(C1)N2. The van der Waals surface area contributed by atoms with Crippen LogP contribution in [0.4, 0.5) is 0 Å². The van der Waals surface area contributed by atoms with E-state index in [-0.39, 0.29) is 5.91 Å². The zero-order valence-electron chi connectivity index (χ0n) is 8.18.